The van der Waals surface area contributed by atoms with E-state index in [4.69, 9.17) is 0 Å². The Morgan fingerprint density at radius 2 is 2.11 bits per heavy atom. The number of alkyl halides is 3. The Labute approximate surface area is 186 Å². The van der Waals surface area contributed by atoms with Gasteiger partial charge in [0.25, 0.3) is 0 Å². The van der Waals surface area contributed by atoms with Crippen LogP contribution < -0.4 is 10.6 Å². The molecule has 0 radical (unpaired) electrons. The number of nitrogens with zero attached hydrogens (tertiary/aromatic N) is 3. The minimum Gasteiger partial charge on any atom is -0.356 e. The number of hydrogen-bond acceptors (Lipinski definition) is 4. The predicted molar refractivity (Wildman–Crippen MR) is 120 cm³/mol. The Morgan fingerprint density at radius 1 is 1.39 bits per heavy atom. The van der Waals surface area contributed by atoms with Crippen LogP contribution in [0.25, 0.3) is 0 Å². The van der Waals surface area contributed by atoms with Gasteiger partial charge in [-0.1, -0.05) is 19.8 Å². The summed E-state index contributed by atoms with van der Waals surface area (Å²) in [6.07, 6.45) is 0.834. The standard InChI is InChI=1S/C18H30F3N5S.HI/c1-13-6-5-8-17(10-13,26(3)4)12-24-16(22-2)23-9-7-15-25-14(11-27-15)18(19,20)21;/h11,13H,5-10,12H2,1-4H3,(H2,22,23,24);1H. The van der Waals surface area contributed by atoms with Crippen LogP contribution in [0, 0.1) is 5.92 Å². The summed E-state index contributed by atoms with van der Waals surface area (Å²) in [7, 11) is 5.94. The molecule has 5 nitrogen and oxygen atoms in total. The number of guanidine groups is 1. The summed E-state index contributed by atoms with van der Waals surface area (Å²) in [6, 6.07) is 0. The van der Waals surface area contributed by atoms with Crippen molar-refractivity contribution in [2.45, 2.75) is 50.7 Å². The van der Waals surface area contributed by atoms with Crippen LogP contribution in [0.3, 0.4) is 0 Å². The third-order valence-corrected chi connectivity index (χ3v) is 6.21. The first kappa shape index (κ1) is 25.4. The summed E-state index contributed by atoms with van der Waals surface area (Å²) in [4.78, 5) is 10.2. The second-order valence-electron chi connectivity index (χ2n) is 7.55. The molecule has 1 heterocycles. The zero-order valence-electron chi connectivity index (χ0n) is 16.9. The van der Waals surface area contributed by atoms with Gasteiger partial charge in [-0.2, -0.15) is 13.2 Å². The molecule has 1 aromatic heterocycles. The van der Waals surface area contributed by atoms with Gasteiger partial charge >= 0.3 is 6.18 Å². The molecule has 1 aromatic rings. The van der Waals surface area contributed by atoms with Crippen LogP contribution in [0.4, 0.5) is 13.2 Å². The molecule has 1 aliphatic rings. The Kier molecular flexibility index (Phi) is 9.95. The highest BCUT2D eigenvalue weighted by molar-refractivity contribution is 14.0. The normalized spacial score (nSPS) is 23.4. The highest BCUT2D eigenvalue weighted by Crippen LogP contribution is 2.35. The summed E-state index contributed by atoms with van der Waals surface area (Å²) < 4.78 is 37.8. The summed E-state index contributed by atoms with van der Waals surface area (Å²) in [5.41, 5.74) is -0.712. The van der Waals surface area contributed by atoms with Crippen molar-refractivity contribution in [3.05, 3.63) is 16.1 Å². The van der Waals surface area contributed by atoms with Gasteiger partial charge in [-0.05, 0) is 32.9 Å². The van der Waals surface area contributed by atoms with E-state index >= 15 is 0 Å². The van der Waals surface area contributed by atoms with Gasteiger partial charge in [0.1, 0.15) is 0 Å². The Balaban J connectivity index is 0.00000392. The zero-order valence-corrected chi connectivity index (χ0v) is 20.0. The lowest BCUT2D eigenvalue weighted by Crippen LogP contribution is -2.56. The molecule has 0 amide bonds. The van der Waals surface area contributed by atoms with E-state index in [0.717, 1.165) is 36.1 Å². The number of likely N-dealkylation sites (N-methyl/N-ethyl adjacent to an activating group) is 1. The monoisotopic (exact) mass is 533 g/mol. The van der Waals surface area contributed by atoms with Gasteiger partial charge in [-0.3, -0.25) is 4.99 Å². The van der Waals surface area contributed by atoms with Crippen molar-refractivity contribution in [2.24, 2.45) is 10.9 Å². The summed E-state index contributed by atoms with van der Waals surface area (Å²) >= 11 is 1.04. The molecule has 2 N–H and O–H groups in total. The third-order valence-electron chi connectivity index (χ3n) is 5.30. The fourth-order valence-electron chi connectivity index (χ4n) is 3.67. The fourth-order valence-corrected chi connectivity index (χ4v) is 4.47. The Bertz CT molecular complexity index is 635. The van der Waals surface area contributed by atoms with Crippen molar-refractivity contribution in [1.82, 2.24) is 20.5 Å². The van der Waals surface area contributed by atoms with Gasteiger partial charge in [-0.25, -0.2) is 4.98 Å². The molecule has 10 heteroatoms. The van der Waals surface area contributed by atoms with Crippen LogP contribution >= 0.6 is 35.3 Å². The lowest BCUT2D eigenvalue weighted by Gasteiger charge is -2.45. The summed E-state index contributed by atoms with van der Waals surface area (Å²) in [5, 5.41) is 8.11. The van der Waals surface area contributed by atoms with E-state index in [9.17, 15) is 13.2 Å². The number of aromatic nitrogens is 1. The molecule has 0 saturated heterocycles. The van der Waals surface area contributed by atoms with Crippen LogP contribution in [-0.4, -0.2) is 55.6 Å². The van der Waals surface area contributed by atoms with E-state index < -0.39 is 11.9 Å². The van der Waals surface area contributed by atoms with Crippen LogP contribution in [0.5, 0.6) is 0 Å². The number of halogens is 4. The van der Waals surface area contributed by atoms with Gasteiger partial charge in [0.05, 0.1) is 5.01 Å². The summed E-state index contributed by atoms with van der Waals surface area (Å²) in [5.74, 6) is 1.37. The average molecular weight is 533 g/mol. The number of thiazole rings is 1. The highest BCUT2D eigenvalue weighted by atomic mass is 127. The van der Waals surface area contributed by atoms with Crippen molar-refractivity contribution >= 4 is 41.3 Å². The molecule has 2 unspecified atom stereocenters. The number of hydrogen-bond donors (Lipinski definition) is 2. The van der Waals surface area contributed by atoms with Crippen LogP contribution in [0.15, 0.2) is 10.4 Å². The molecule has 2 rings (SSSR count). The van der Waals surface area contributed by atoms with Crippen molar-refractivity contribution in [1.29, 1.82) is 0 Å². The quantitative estimate of drug-likeness (QED) is 0.330. The Morgan fingerprint density at radius 3 is 2.64 bits per heavy atom. The van der Waals surface area contributed by atoms with Crippen LogP contribution in [0.1, 0.15) is 43.3 Å². The molecule has 0 spiro atoms. The van der Waals surface area contributed by atoms with E-state index in [1.165, 1.54) is 12.8 Å². The molecule has 1 fully saturated rings. The second-order valence-corrected chi connectivity index (χ2v) is 8.49. The molecule has 1 saturated carbocycles. The van der Waals surface area contributed by atoms with Crippen LogP contribution in [0.2, 0.25) is 0 Å². The number of aliphatic imine (C=N–C) groups is 1. The van der Waals surface area contributed by atoms with Crippen molar-refractivity contribution in [2.75, 3.05) is 34.2 Å². The molecule has 1 aliphatic carbocycles. The molecular formula is C18H31F3IN5S. The van der Waals surface area contributed by atoms with E-state index in [1.54, 1.807) is 7.05 Å². The topological polar surface area (TPSA) is 52.6 Å². The number of rotatable bonds is 6. The minimum absolute atomic E-state index is 0. The van der Waals surface area contributed by atoms with Gasteiger partial charge in [0.2, 0.25) is 0 Å². The average Bonchev–Trinajstić information content (AvgIpc) is 3.07. The predicted octanol–water partition coefficient (Wildman–Crippen LogP) is 4.00. The zero-order chi connectivity index (χ0) is 20.1. The SMILES string of the molecule is CN=C(NCCc1nc(C(F)(F)F)cs1)NCC1(N(C)C)CCCC(C)C1.I. The molecule has 0 aromatic carbocycles. The summed E-state index contributed by atoms with van der Waals surface area (Å²) in [6.45, 7) is 3.57. The van der Waals surface area contributed by atoms with Crippen molar-refractivity contribution < 1.29 is 13.2 Å². The lowest BCUT2D eigenvalue weighted by molar-refractivity contribution is -0.140. The maximum absolute atomic E-state index is 12.6. The van der Waals surface area contributed by atoms with Gasteiger partial charge in [0.15, 0.2) is 11.7 Å². The van der Waals surface area contributed by atoms with E-state index in [0.29, 0.717) is 29.9 Å². The van der Waals surface area contributed by atoms with Crippen LogP contribution in [-0.2, 0) is 12.6 Å². The first-order valence-electron chi connectivity index (χ1n) is 9.30. The highest BCUT2D eigenvalue weighted by Gasteiger charge is 2.37. The van der Waals surface area contributed by atoms with E-state index in [2.05, 4.69) is 46.5 Å². The van der Waals surface area contributed by atoms with Gasteiger partial charge in [-0.15, -0.1) is 35.3 Å². The molecule has 0 bridgehead atoms. The first-order chi connectivity index (χ1) is 12.7. The molecule has 2 atom stereocenters. The molecular weight excluding hydrogens is 502 g/mol. The van der Waals surface area contributed by atoms with Crippen molar-refractivity contribution in [3.8, 4) is 0 Å². The lowest BCUT2D eigenvalue weighted by atomic mass is 9.75. The largest absolute Gasteiger partial charge is 0.434 e. The smallest absolute Gasteiger partial charge is 0.356 e. The minimum atomic E-state index is -4.38. The van der Waals surface area contributed by atoms with Gasteiger partial charge in [0, 0.05) is 37.5 Å². The first-order valence-corrected chi connectivity index (χ1v) is 10.2. The maximum atomic E-state index is 12.6. The maximum Gasteiger partial charge on any atom is 0.434 e. The molecule has 162 valence electrons. The fraction of sp³-hybridized carbons (Fsp3) is 0.778. The van der Waals surface area contributed by atoms with E-state index in [-0.39, 0.29) is 29.5 Å². The molecule has 0 aliphatic heterocycles. The number of nitrogens with one attached hydrogen (secondary N) is 2. The second kappa shape index (κ2) is 11.0. The van der Waals surface area contributed by atoms with Gasteiger partial charge < -0.3 is 15.5 Å². The Hall–Kier alpha value is -0.620. The molecule has 28 heavy (non-hydrogen) atoms. The van der Waals surface area contributed by atoms with E-state index in [1.807, 2.05) is 0 Å². The third kappa shape index (κ3) is 7.01. The van der Waals surface area contributed by atoms with Crippen molar-refractivity contribution in [3.63, 3.8) is 0 Å².